The van der Waals surface area contributed by atoms with Crippen molar-refractivity contribution in [2.75, 3.05) is 30.3 Å². The number of benzene rings is 1. The molecule has 1 amide bonds. The van der Waals surface area contributed by atoms with Crippen molar-refractivity contribution in [3.63, 3.8) is 0 Å². The summed E-state index contributed by atoms with van der Waals surface area (Å²) in [6.07, 6.45) is 2.79. The third-order valence-electron chi connectivity index (χ3n) is 5.57. The number of aliphatic hydroxyl groups excluding tert-OH is 1. The number of anilines is 3. The van der Waals surface area contributed by atoms with Gasteiger partial charge in [0.1, 0.15) is 5.52 Å². The van der Waals surface area contributed by atoms with Gasteiger partial charge in [-0.15, -0.1) is 5.10 Å². The number of nitrogens with zero attached hydrogens (tertiary/aromatic N) is 5. The van der Waals surface area contributed by atoms with Crippen LogP contribution in [0.25, 0.3) is 5.52 Å². The Morgan fingerprint density at radius 2 is 2.15 bits per heavy atom. The molecule has 0 aliphatic carbocycles. The van der Waals surface area contributed by atoms with Gasteiger partial charge < -0.3 is 20.6 Å². The molecule has 1 fully saturated rings. The number of amides is 1. The van der Waals surface area contributed by atoms with Crippen molar-refractivity contribution in [2.24, 2.45) is 0 Å². The fourth-order valence-corrected chi connectivity index (χ4v) is 4.61. The van der Waals surface area contributed by atoms with E-state index in [1.807, 2.05) is 55.6 Å². The summed E-state index contributed by atoms with van der Waals surface area (Å²) in [5, 5.41) is 28.1. The lowest BCUT2D eigenvalue weighted by atomic mass is 10.3. The summed E-state index contributed by atoms with van der Waals surface area (Å²) in [5.41, 5.74) is 2.56. The van der Waals surface area contributed by atoms with Crippen molar-refractivity contribution in [3.05, 3.63) is 54.4 Å². The number of hydrogen-bond donors (Lipinski definition) is 4. The van der Waals surface area contributed by atoms with E-state index < -0.39 is 0 Å². The molecule has 4 N–H and O–H groups in total. The molecule has 0 radical (unpaired) electrons. The van der Waals surface area contributed by atoms with Crippen molar-refractivity contribution >= 4 is 40.5 Å². The predicted octanol–water partition coefficient (Wildman–Crippen LogP) is 3.05. The average molecular weight is 479 g/mol. The minimum absolute atomic E-state index is 0.0347. The summed E-state index contributed by atoms with van der Waals surface area (Å²) in [4.78, 5) is 20.0. The number of carbonyl (C=O) groups excluding carboxylic acids is 1. The Morgan fingerprint density at radius 1 is 1.29 bits per heavy atom. The number of aromatic nitrogens is 5. The maximum absolute atomic E-state index is 12.3. The fraction of sp³-hybridized carbons (Fsp3) is 0.304. The lowest BCUT2D eigenvalue weighted by Gasteiger charge is -2.14. The van der Waals surface area contributed by atoms with E-state index in [1.54, 1.807) is 4.52 Å². The van der Waals surface area contributed by atoms with Gasteiger partial charge in [-0.05, 0) is 61.5 Å². The Hall–Kier alpha value is -3.41. The number of aryl methyl sites for hydroxylation is 1. The first-order valence-corrected chi connectivity index (χ1v) is 12.0. The number of H-pyrrole nitrogens is 1. The molecule has 3 aromatic heterocycles. The molecule has 1 aliphatic heterocycles. The largest absolute Gasteiger partial charge is 0.392 e. The summed E-state index contributed by atoms with van der Waals surface area (Å²) in [6.45, 7) is 4.09. The molecule has 1 aromatic carbocycles. The quantitative estimate of drug-likeness (QED) is 0.305. The second kappa shape index (κ2) is 9.84. The van der Waals surface area contributed by atoms with Crippen LogP contribution in [0, 0.1) is 6.92 Å². The van der Waals surface area contributed by atoms with Gasteiger partial charge in [0.25, 0.3) is 0 Å². The van der Waals surface area contributed by atoms with Crippen LogP contribution >= 0.6 is 11.8 Å². The average Bonchev–Trinajstić information content (AvgIpc) is 3.55. The number of aliphatic hydroxyl groups is 1. The van der Waals surface area contributed by atoms with Crippen LogP contribution in [0.15, 0.2) is 58.7 Å². The van der Waals surface area contributed by atoms with Gasteiger partial charge in [0.15, 0.2) is 11.6 Å². The number of rotatable bonds is 8. The predicted molar refractivity (Wildman–Crippen MR) is 130 cm³/mol. The zero-order valence-corrected chi connectivity index (χ0v) is 19.5. The number of aromatic amines is 1. The van der Waals surface area contributed by atoms with Crippen molar-refractivity contribution in [1.29, 1.82) is 0 Å². The number of nitrogens with one attached hydrogen (secondary N) is 3. The lowest BCUT2D eigenvalue weighted by molar-refractivity contribution is -0.116. The molecule has 0 saturated carbocycles. The van der Waals surface area contributed by atoms with Crippen molar-refractivity contribution in [2.45, 2.75) is 35.9 Å². The minimum Gasteiger partial charge on any atom is -0.392 e. The summed E-state index contributed by atoms with van der Waals surface area (Å²) < 4.78 is 1.78. The van der Waals surface area contributed by atoms with Gasteiger partial charge >= 0.3 is 0 Å². The number of carbonyl (C=O) groups is 1. The monoisotopic (exact) mass is 478 g/mol. The fourth-order valence-electron chi connectivity index (χ4n) is 3.86. The Bertz CT molecular complexity index is 1290. The zero-order valence-electron chi connectivity index (χ0n) is 18.7. The smallest absolute Gasteiger partial charge is 0.225 e. The van der Waals surface area contributed by atoms with E-state index in [0.717, 1.165) is 34.8 Å². The Kier molecular flexibility index (Phi) is 6.48. The number of hydrogen-bond acceptors (Lipinski definition) is 8. The molecule has 1 saturated heterocycles. The van der Waals surface area contributed by atoms with E-state index in [1.165, 1.54) is 11.8 Å². The topological polar surface area (TPSA) is 123 Å². The molecular formula is C23H26N8O2S. The number of likely N-dealkylation sites (tertiary alicyclic amines) is 1. The Morgan fingerprint density at radius 3 is 2.88 bits per heavy atom. The Labute approximate surface area is 200 Å². The third-order valence-corrected chi connectivity index (χ3v) is 6.44. The summed E-state index contributed by atoms with van der Waals surface area (Å²) >= 11 is 1.44. The molecule has 10 nitrogen and oxygen atoms in total. The SMILES string of the molecule is Cc1cc(Nc2nc(Sc3ccc(NC(=O)CCN4CC[C@@H](O)C4)cc3)nn3cccc23)n[nH]1. The first-order chi connectivity index (χ1) is 16.5. The van der Waals surface area contributed by atoms with Crippen LogP contribution in [0.1, 0.15) is 18.5 Å². The van der Waals surface area contributed by atoms with E-state index in [0.29, 0.717) is 36.3 Å². The normalized spacial score (nSPS) is 16.2. The van der Waals surface area contributed by atoms with E-state index in [-0.39, 0.29) is 12.0 Å². The van der Waals surface area contributed by atoms with Crippen LogP contribution in [0.5, 0.6) is 0 Å². The molecule has 0 unspecified atom stereocenters. The van der Waals surface area contributed by atoms with E-state index in [2.05, 4.69) is 35.8 Å². The first-order valence-electron chi connectivity index (χ1n) is 11.1. The highest BCUT2D eigenvalue weighted by atomic mass is 32.2. The van der Waals surface area contributed by atoms with Crippen molar-refractivity contribution in [3.8, 4) is 0 Å². The second-order valence-electron chi connectivity index (χ2n) is 8.31. The molecule has 4 heterocycles. The number of β-amino-alcohol motifs (C(OH)–C–C–N with tert-alkyl or cyclic N) is 1. The highest BCUT2D eigenvalue weighted by Crippen LogP contribution is 2.29. The first kappa shape index (κ1) is 22.4. The highest BCUT2D eigenvalue weighted by molar-refractivity contribution is 7.99. The molecule has 0 bridgehead atoms. The molecule has 1 atom stereocenters. The number of fused-ring (bicyclic) bond motifs is 1. The standard InChI is InChI=1S/C23H26N8O2S/c1-15-13-20(28-27-15)25-22-19-3-2-10-31(19)29-23(26-22)34-18-6-4-16(5-7-18)24-21(33)9-12-30-11-8-17(32)14-30/h2-7,10,13,17,32H,8-9,11-12,14H2,1H3,(H,24,33)(H2,25,26,27,28,29)/t17-/m1/s1. The zero-order chi connectivity index (χ0) is 23.5. The molecule has 11 heteroatoms. The lowest BCUT2D eigenvalue weighted by Crippen LogP contribution is -2.26. The van der Waals surface area contributed by atoms with Gasteiger partial charge in [-0.1, -0.05) is 0 Å². The molecule has 0 spiro atoms. The van der Waals surface area contributed by atoms with Crippen LogP contribution in [0.2, 0.25) is 0 Å². The maximum Gasteiger partial charge on any atom is 0.225 e. The van der Waals surface area contributed by atoms with Crippen molar-refractivity contribution < 1.29 is 9.90 Å². The summed E-state index contributed by atoms with van der Waals surface area (Å²) in [7, 11) is 0. The highest BCUT2D eigenvalue weighted by Gasteiger charge is 2.20. The van der Waals surface area contributed by atoms with E-state index >= 15 is 0 Å². The van der Waals surface area contributed by atoms with Gasteiger partial charge in [0.2, 0.25) is 11.1 Å². The molecule has 4 aromatic rings. The summed E-state index contributed by atoms with van der Waals surface area (Å²) in [5.74, 6) is 1.33. The van der Waals surface area contributed by atoms with Gasteiger partial charge in [-0.3, -0.25) is 9.89 Å². The molecule has 1 aliphatic rings. The van der Waals surface area contributed by atoms with Crippen molar-refractivity contribution in [1.82, 2.24) is 29.7 Å². The van der Waals surface area contributed by atoms with Gasteiger partial charge in [-0.25, -0.2) is 9.50 Å². The molecule has 5 rings (SSSR count). The van der Waals surface area contributed by atoms with Crippen LogP contribution in [-0.4, -0.2) is 66.4 Å². The van der Waals surface area contributed by atoms with Crippen LogP contribution < -0.4 is 10.6 Å². The van der Waals surface area contributed by atoms with Crippen LogP contribution in [-0.2, 0) is 4.79 Å². The molecular weight excluding hydrogens is 452 g/mol. The summed E-state index contributed by atoms with van der Waals surface area (Å²) in [6, 6.07) is 13.4. The van der Waals surface area contributed by atoms with Crippen LogP contribution in [0.3, 0.4) is 0 Å². The van der Waals surface area contributed by atoms with Gasteiger partial charge in [-0.2, -0.15) is 5.10 Å². The van der Waals surface area contributed by atoms with Gasteiger partial charge in [0, 0.05) is 54.6 Å². The molecule has 34 heavy (non-hydrogen) atoms. The Balaban J connectivity index is 1.22. The van der Waals surface area contributed by atoms with Gasteiger partial charge in [0.05, 0.1) is 6.10 Å². The van der Waals surface area contributed by atoms with E-state index in [9.17, 15) is 9.90 Å². The molecule has 176 valence electrons. The maximum atomic E-state index is 12.3. The third kappa shape index (κ3) is 5.38. The van der Waals surface area contributed by atoms with Crippen LogP contribution in [0.4, 0.5) is 17.3 Å². The minimum atomic E-state index is -0.267. The second-order valence-corrected chi connectivity index (χ2v) is 9.35. The van der Waals surface area contributed by atoms with E-state index in [4.69, 9.17) is 0 Å².